The van der Waals surface area contributed by atoms with Gasteiger partial charge in [0.2, 0.25) is 0 Å². The quantitative estimate of drug-likeness (QED) is 0.180. The molecule has 0 bridgehead atoms. The molecule has 0 N–H and O–H groups in total. The smallest absolute Gasteiger partial charge is 0.142 e. The predicted octanol–water partition coefficient (Wildman–Crippen LogP) is 10.7. The van der Waals surface area contributed by atoms with Crippen LogP contribution in [0.4, 0.5) is 0 Å². The number of para-hydroxylation sites is 1. The van der Waals surface area contributed by atoms with E-state index in [0.29, 0.717) is 0 Å². The predicted molar refractivity (Wildman–Crippen MR) is 232 cm³/mol. The van der Waals surface area contributed by atoms with Crippen molar-refractivity contribution in [1.29, 1.82) is 0 Å². The molecule has 0 spiro atoms. The van der Waals surface area contributed by atoms with E-state index in [0.717, 1.165) is 84.9 Å². The number of fused-ring (bicyclic) bond motifs is 7. The van der Waals surface area contributed by atoms with Crippen LogP contribution >= 0.6 is 11.8 Å². The lowest BCUT2D eigenvalue weighted by Crippen LogP contribution is -2.30. The van der Waals surface area contributed by atoms with Crippen molar-refractivity contribution in [2.45, 2.75) is 24.2 Å². The summed E-state index contributed by atoms with van der Waals surface area (Å²) in [5, 5.41) is 6.71. The molecule has 2 heterocycles. The van der Waals surface area contributed by atoms with Crippen molar-refractivity contribution in [1.82, 2.24) is 0 Å². The van der Waals surface area contributed by atoms with E-state index in [9.17, 15) is 0 Å². The van der Waals surface area contributed by atoms with E-state index in [1.54, 1.807) is 0 Å². The minimum atomic E-state index is 0.817. The Morgan fingerprint density at radius 1 is 0.667 bits per heavy atom. The highest BCUT2D eigenvalue weighted by Crippen LogP contribution is 2.38. The SMILES string of the molecule is C=C(/C=c1/ccc(-c2ccccc2)cc1=C)C1=c2cccc/c2=C(C2=Cc3c(ccc4c3oc3ccccc34)Cc3ccccc3SC2)/C=C/CCC=C1. The lowest BCUT2D eigenvalue weighted by atomic mass is 9.92. The number of furan rings is 1. The van der Waals surface area contributed by atoms with Crippen molar-refractivity contribution in [3.63, 3.8) is 0 Å². The standard InChI is InChI=1S/C52H40OS/c1-35-30-39(37-16-6-5-7-17-37)27-26-38(35)31-36(2)43-19-8-3-4-9-20-44(46-22-12-11-21-45(43)46)42-33-49-40(32-41-18-10-15-25-51(41)54-34-42)28-29-48-47-23-13-14-24-50(47)53-52(48)49/h5-31,33H,1-4,32,34H2/b19-8?,20-9+,38-31-,42-33?,45-43?,46-44+. The Morgan fingerprint density at radius 2 is 1.43 bits per heavy atom. The first kappa shape index (κ1) is 33.7. The molecule has 1 aromatic heterocycles. The van der Waals surface area contributed by atoms with Gasteiger partial charge < -0.3 is 4.42 Å². The summed E-state index contributed by atoms with van der Waals surface area (Å²) in [4.78, 5) is 1.32. The molecule has 1 nitrogen and oxygen atoms in total. The first-order valence-electron chi connectivity index (χ1n) is 18.7. The Kier molecular flexibility index (Phi) is 9.20. The largest absolute Gasteiger partial charge is 0.455 e. The molecule has 54 heavy (non-hydrogen) atoms. The fourth-order valence-electron chi connectivity index (χ4n) is 7.80. The van der Waals surface area contributed by atoms with E-state index in [4.69, 9.17) is 4.42 Å². The molecule has 1 aliphatic heterocycles. The Morgan fingerprint density at radius 3 is 2.30 bits per heavy atom. The van der Waals surface area contributed by atoms with Crippen LogP contribution in [0.15, 0.2) is 185 Å². The highest BCUT2D eigenvalue weighted by molar-refractivity contribution is 7.99. The molecule has 0 amide bonds. The highest BCUT2D eigenvalue weighted by Gasteiger charge is 2.19. The van der Waals surface area contributed by atoms with Crippen LogP contribution in [0.5, 0.6) is 0 Å². The zero-order valence-corrected chi connectivity index (χ0v) is 31.0. The Labute approximate surface area is 320 Å². The third-order valence-corrected chi connectivity index (χ3v) is 11.7. The Bertz CT molecular complexity index is 2940. The molecule has 9 rings (SSSR count). The topological polar surface area (TPSA) is 13.1 Å². The van der Waals surface area contributed by atoms with Crippen molar-refractivity contribution in [3.05, 3.63) is 213 Å². The van der Waals surface area contributed by atoms with Crippen LogP contribution < -0.4 is 20.9 Å². The number of hydrogen-bond acceptors (Lipinski definition) is 2. The first-order valence-corrected chi connectivity index (χ1v) is 19.7. The summed E-state index contributed by atoms with van der Waals surface area (Å²) in [5.74, 6) is 0.817. The molecule has 0 atom stereocenters. The number of allylic oxidation sites excluding steroid dienone is 5. The maximum absolute atomic E-state index is 6.70. The fourth-order valence-corrected chi connectivity index (χ4v) is 8.85. The lowest BCUT2D eigenvalue weighted by Gasteiger charge is -2.13. The molecule has 2 heteroatoms. The van der Waals surface area contributed by atoms with Gasteiger partial charge in [0, 0.05) is 27.0 Å². The van der Waals surface area contributed by atoms with E-state index in [1.165, 1.54) is 38.0 Å². The normalized spacial score (nSPS) is 16.4. The summed E-state index contributed by atoms with van der Waals surface area (Å²) in [6.45, 7) is 9.12. The monoisotopic (exact) mass is 712 g/mol. The Hall–Kier alpha value is -6.09. The van der Waals surface area contributed by atoms with E-state index in [-0.39, 0.29) is 0 Å². The second-order valence-electron chi connectivity index (χ2n) is 14.1. The molecule has 1 aliphatic carbocycles. The zero-order chi connectivity index (χ0) is 36.4. The van der Waals surface area contributed by atoms with E-state index in [1.807, 2.05) is 17.8 Å². The average Bonchev–Trinajstić information content (AvgIpc) is 3.62. The molecular weight excluding hydrogens is 673 g/mol. The summed E-state index contributed by atoms with van der Waals surface area (Å²) in [6, 6.07) is 47.6. The van der Waals surface area contributed by atoms with Gasteiger partial charge in [0.25, 0.3) is 0 Å². The van der Waals surface area contributed by atoms with Gasteiger partial charge in [-0.2, -0.15) is 0 Å². The minimum Gasteiger partial charge on any atom is -0.455 e. The van der Waals surface area contributed by atoms with E-state index in [2.05, 4.69) is 177 Å². The van der Waals surface area contributed by atoms with Crippen molar-refractivity contribution in [3.8, 4) is 11.1 Å². The van der Waals surface area contributed by atoms with Gasteiger partial charge in [0.05, 0.1) is 0 Å². The van der Waals surface area contributed by atoms with Gasteiger partial charge in [-0.15, -0.1) is 11.8 Å². The maximum atomic E-state index is 6.70. The molecule has 7 aromatic rings. The molecule has 0 saturated heterocycles. The summed E-state index contributed by atoms with van der Waals surface area (Å²) >= 11 is 1.92. The summed E-state index contributed by atoms with van der Waals surface area (Å²) < 4.78 is 6.70. The molecule has 0 fully saturated rings. The van der Waals surface area contributed by atoms with Gasteiger partial charge in [0.1, 0.15) is 11.2 Å². The lowest BCUT2D eigenvalue weighted by molar-refractivity contribution is 0.667. The molecule has 260 valence electrons. The second kappa shape index (κ2) is 14.7. The van der Waals surface area contributed by atoms with Crippen LogP contribution in [-0.4, -0.2) is 5.75 Å². The number of thioether (sulfide) groups is 1. The van der Waals surface area contributed by atoms with Gasteiger partial charge >= 0.3 is 0 Å². The Balaban J connectivity index is 1.27. The summed E-state index contributed by atoms with van der Waals surface area (Å²) in [7, 11) is 0. The summed E-state index contributed by atoms with van der Waals surface area (Å²) in [6.07, 6.45) is 16.6. The van der Waals surface area contributed by atoms with E-state index >= 15 is 0 Å². The second-order valence-corrected chi connectivity index (χ2v) is 15.1. The van der Waals surface area contributed by atoms with Crippen LogP contribution in [0.25, 0.3) is 62.9 Å². The van der Waals surface area contributed by atoms with Gasteiger partial charge in [-0.1, -0.05) is 153 Å². The maximum Gasteiger partial charge on any atom is 0.142 e. The molecule has 0 radical (unpaired) electrons. The molecule has 0 saturated carbocycles. The van der Waals surface area contributed by atoms with Crippen LogP contribution in [0.2, 0.25) is 0 Å². The highest BCUT2D eigenvalue weighted by atomic mass is 32.2. The number of rotatable bonds is 4. The van der Waals surface area contributed by atoms with E-state index < -0.39 is 0 Å². The zero-order valence-electron chi connectivity index (χ0n) is 30.2. The first-order chi connectivity index (χ1) is 26.6. The van der Waals surface area contributed by atoms with Crippen LogP contribution in [0.3, 0.4) is 0 Å². The molecule has 6 aromatic carbocycles. The van der Waals surface area contributed by atoms with Crippen molar-refractivity contribution in [2.24, 2.45) is 0 Å². The minimum absolute atomic E-state index is 0.817. The third kappa shape index (κ3) is 6.55. The van der Waals surface area contributed by atoms with Gasteiger partial charge in [-0.05, 0) is 115 Å². The molecule has 2 aliphatic rings. The van der Waals surface area contributed by atoms with Crippen molar-refractivity contribution in [2.75, 3.05) is 5.75 Å². The third-order valence-electron chi connectivity index (χ3n) is 10.6. The number of hydrogen-bond donors (Lipinski definition) is 0. The molecule has 0 unspecified atom stereocenters. The van der Waals surface area contributed by atoms with Gasteiger partial charge in [-0.3, -0.25) is 0 Å². The van der Waals surface area contributed by atoms with Crippen molar-refractivity contribution >= 4 is 63.6 Å². The van der Waals surface area contributed by atoms with Gasteiger partial charge in [0.15, 0.2) is 0 Å². The van der Waals surface area contributed by atoms with Gasteiger partial charge in [-0.25, -0.2) is 0 Å². The average molecular weight is 713 g/mol. The number of benzene rings is 6. The van der Waals surface area contributed by atoms with Crippen LogP contribution in [0, 0.1) is 0 Å². The fraction of sp³-hybridized carbons (Fsp3) is 0.0769. The summed E-state index contributed by atoms with van der Waals surface area (Å²) in [5.41, 5.74) is 12.6. The van der Waals surface area contributed by atoms with Crippen LogP contribution in [0.1, 0.15) is 29.5 Å². The molecular formula is C52H40OS. The van der Waals surface area contributed by atoms with Crippen LogP contribution in [-0.2, 0) is 6.42 Å². The van der Waals surface area contributed by atoms with Crippen molar-refractivity contribution < 1.29 is 4.42 Å².